The minimum atomic E-state index is -1.28. The van der Waals surface area contributed by atoms with Crippen LogP contribution < -0.4 is 5.73 Å². The Balaban J connectivity index is 2.20. The van der Waals surface area contributed by atoms with Crippen LogP contribution in [0, 0.1) is 0 Å². The van der Waals surface area contributed by atoms with E-state index in [1.165, 1.54) is 0 Å². The maximum absolute atomic E-state index is 10.9. The quantitative estimate of drug-likeness (QED) is 0.489. The third-order valence-electron chi connectivity index (χ3n) is 3.04. The average molecular weight is 269 g/mol. The molecule has 0 saturated carbocycles. The van der Waals surface area contributed by atoms with E-state index >= 15 is 0 Å². The van der Waals surface area contributed by atoms with Crippen LogP contribution >= 0.6 is 0 Å². The summed E-state index contributed by atoms with van der Waals surface area (Å²) in [4.78, 5) is 14.8. The maximum Gasteiger partial charge on any atom is 0.375 e. The van der Waals surface area contributed by atoms with Gasteiger partial charge in [-0.3, -0.25) is 0 Å². The van der Waals surface area contributed by atoms with E-state index in [-0.39, 0.29) is 0 Å². The third-order valence-corrected chi connectivity index (χ3v) is 3.04. The van der Waals surface area contributed by atoms with E-state index in [0.717, 1.165) is 11.1 Å². The Morgan fingerprint density at radius 1 is 1.15 bits per heavy atom. The van der Waals surface area contributed by atoms with Gasteiger partial charge < -0.3 is 16.0 Å². The number of carbonyl (C=O) groups is 1. The molecule has 0 fully saturated rings. The summed E-state index contributed by atoms with van der Waals surface area (Å²) in [5.41, 5.74) is 8.81. The first-order chi connectivity index (χ1) is 9.56. The summed E-state index contributed by atoms with van der Waals surface area (Å²) in [6, 6.07) is 12.4. The predicted octanol–water partition coefficient (Wildman–Crippen LogP) is 2.22. The number of nitrogen functional groups attached to an aromatic ring is 1. The molecule has 0 radical (unpaired) electrons. The Hall–Kier alpha value is -3.02. The van der Waals surface area contributed by atoms with Crippen LogP contribution in [0.2, 0.25) is 0 Å². The van der Waals surface area contributed by atoms with Crippen molar-refractivity contribution >= 4 is 22.7 Å². The van der Waals surface area contributed by atoms with Crippen LogP contribution in [0.25, 0.3) is 22.2 Å². The van der Waals surface area contributed by atoms with Crippen LogP contribution in [-0.2, 0) is 0 Å². The monoisotopic (exact) mass is 269 g/mol. The van der Waals surface area contributed by atoms with E-state index in [0.29, 0.717) is 21.5 Å². The molecule has 100 valence electrons. The Labute approximate surface area is 113 Å². The number of fused-ring (bicyclic) bond motifs is 1. The molecule has 6 nitrogen and oxygen atoms in total. The summed E-state index contributed by atoms with van der Waals surface area (Å²) in [5, 5.41) is 18.8. The summed E-state index contributed by atoms with van der Waals surface area (Å²) in [5.74, 6) is -1.70. The normalized spacial score (nSPS) is 10.8. The second-order valence-corrected chi connectivity index (χ2v) is 4.38. The molecule has 0 amide bonds. The lowest BCUT2D eigenvalue weighted by Gasteiger charge is -2.03. The molecule has 1 heterocycles. The molecule has 0 unspecified atom stereocenters. The van der Waals surface area contributed by atoms with Gasteiger partial charge in [-0.25, -0.2) is 9.78 Å². The number of carboxylic acid groups (broad SMARTS) is 1. The Bertz CT molecular complexity index is 824. The standard InChI is InChI=1S/C14H11N3O3/c15-10-3-1-2-8(6-10)9-4-5-11-12(7-9)17(20)13(16-11)14(18)19/h1-7,20H,15H2,(H,18,19). The zero-order chi connectivity index (χ0) is 14.3. The van der Waals surface area contributed by atoms with Crippen molar-refractivity contribution in [2.75, 3.05) is 5.73 Å². The van der Waals surface area contributed by atoms with Crippen molar-refractivity contribution in [3.63, 3.8) is 0 Å². The van der Waals surface area contributed by atoms with Crippen molar-refractivity contribution in [2.45, 2.75) is 0 Å². The number of hydrogen-bond donors (Lipinski definition) is 3. The van der Waals surface area contributed by atoms with Crippen LogP contribution in [-0.4, -0.2) is 26.0 Å². The zero-order valence-electron chi connectivity index (χ0n) is 10.3. The lowest BCUT2D eigenvalue weighted by molar-refractivity contribution is 0.0639. The molecule has 0 spiro atoms. The number of nitrogens with zero attached hydrogens (tertiary/aromatic N) is 2. The van der Waals surface area contributed by atoms with Gasteiger partial charge in [-0.05, 0) is 35.4 Å². The first-order valence-corrected chi connectivity index (χ1v) is 5.87. The molecule has 6 heteroatoms. The molecule has 3 rings (SSSR count). The molecule has 3 aromatic rings. The zero-order valence-corrected chi connectivity index (χ0v) is 10.3. The average Bonchev–Trinajstić information content (AvgIpc) is 2.76. The van der Waals surface area contributed by atoms with Gasteiger partial charge in [0.2, 0.25) is 0 Å². The second kappa shape index (κ2) is 4.27. The van der Waals surface area contributed by atoms with Gasteiger partial charge in [0, 0.05) is 5.69 Å². The smallest absolute Gasteiger partial charge is 0.375 e. The molecule has 0 bridgehead atoms. The Kier molecular flexibility index (Phi) is 2.57. The van der Waals surface area contributed by atoms with Gasteiger partial charge in [0.25, 0.3) is 5.82 Å². The highest BCUT2D eigenvalue weighted by Gasteiger charge is 2.16. The largest absolute Gasteiger partial charge is 0.475 e. The van der Waals surface area contributed by atoms with Gasteiger partial charge in [0.15, 0.2) is 0 Å². The summed E-state index contributed by atoms with van der Waals surface area (Å²) >= 11 is 0. The SMILES string of the molecule is Nc1cccc(-c2ccc3nc(C(=O)O)n(O)c3c2)c1. The maximum atomic E-state index is 10.9. The number of aromatic nitrogens is 2. The molecule has 4 N–H and O–H groups in total. The van der Waals surface area contributed by atoms with Crippen LogP contribution in [0.1, 0.15) is 10.6 Å². The molecule has 2 aromatic carbocycles. The van der Waals surface area contributed by atoms with E-state index in [4.69, 9.17) is 10.8 Å². The highest BCUT2D eigenvalue weighted by Crippen LogP contribution is 2.25. The number of hydrogen-bond acceptors (Lipinski definition) is 4. The molecule has 1 aromatic heterocycles. The molecule has 0 aliphatic rings. The molecule has 0 atom stereocenters. The first kappa shape index (κ1) is 12.0. The first-order valence-electron chi connectivity index (χ1n) is 5.87. The van der Waals surface area contributed by atoms with E-state index in [1.807, 2.05) is 12.1 Å². The van der Waals surface area contributed by atoms with Crippen molar-refractivity contribution in [3.05, 3.63) is 48.3 Å². The number of nitrogens with two attached hydrogens (primary N) is 1. The number of aromatic carboxylic acids is 1. The van der Waals surface area contributed by atoms with Crippen molar-refractivity contribution in [3.8, 4) is 11.1 Å². The fourth-order valence-corrected chi connectivity index (χ4v) is 2.10. The predicted molar refractivity (Wildman–Crippen MR) is 73.7 cm³/mol. The minimum Gasteiger partial charge on any atom is -0.475 e. The molecular formula is C14H11N3O3. The molecular weight excluding hydrogens is 258 g/mol. The molecule has 20 heavy (non-hydrogen) atoms. The fourth-order valence-electron chi connectivity index (χ4n) is 2.10. The van der Waals surface area contributed by atoms with Gasteiger partial charge >= 0.3 is 5.97 Å². The fraction of sp³-hybridized carbons (Fsp3) is 0. The van der Waals surface area contributed by atoms with Gasteiger partial charge in [-0.15, -0.1) is 0 Å². The molecule has 0 saturated heterocycles. The number of rotatable bonds is 2. The summed E-state index contributed by atoms with van der Waals surface area (Å²) in [6.07, 6.45) is 0. The topological polar surface area (TPSA) is 101 Å². The Morgan fingerprint density at radius 2 is 1.90 bits per heavy atom. The van der Waals surface area contributed by atoms with E-state index in [9.17, 15) is 10.0 Å². The van der Waals surface area contributed by atoms with Crippen LogP contribution in [0.4, 0.5) is 5.69 Å². The summed E-state index contributed by atoms with van der Waals surface area (Å²) < 4.78 is 0.577. The van der Waals surface area contributed by atoms with E-state index in [2.05, 4.69) is 4.98 Å². The summed E-state index contributed by atoms with van der Waals surface area (Å²) in [6.45, 7) is 0. The van der Waals surface area contributed by atoms with Gasteiger partial charge in [-0.2, -0.15) is 4.73 Å². The number of benzene rings is 2. The van der Waals surface area contributed by atoms with Gasteiger partial charge in [-0.1, -0.05) is 18.2 Å². The van der Waals surface area contributed by atoms with Gasteiger partial charge in [0.05, 0.1) is 5.52 Å². The number of anilines is 1. The van der Waals surface area contributed by atoms with Crippen molar-refractivity contribution in [1.29, 1.82) is 0 Å². The lowest BCUT2D eigenvalue weighted by Crippen LogP contribution is -2.06. The third kappa shape index (κ3) is 1.83. The van der Waals surface area contributed by atoms with Crippen molar-refractivity contribution in [2.24, 2.45) is 0 Å². The lowest BCUT2D eigenvalue weighted by atomic mass is 10.0. The molecule has 0 aliphatic heterocycles. The van der Waals surface area contributed by atoms with Crippen LogP contribution in [0.15, 0.2) is 42.5 Å². The second-order valence-electron chi connectivity index (χ2n) is 4.38. The summed E-state index contributed by atoms with van der Waals surface area (Å²) in [7, 11) is 0. The number of carboxylic acids is 1. The van der Waals surface area contributed by atoms with Crippen LogP contribution in [0.5, 0.6) is 0 Å². The Morgan fingerprint density at radius 3 is 2.60 bits per heavy atom. The minimum absolute atomic E-state index is 0.335. The van der Waals surface area contributed by atoms with E-state index in [1.54, 1.807) is 30.3 Å². The highest BCUT2D eigenvalue weighted by molar-refractivity contribution is 5.91. The van der Waals surface area contributed by atoms with Gasteiger partial charge in [0.1, 0.15) is 5.52 Å². The van der Waals surface area contributed by atoms with Crippen molar-refractivity contribution < 1.29 is 15.1 Å². The highest BCUT2D eigenvalue weighted by atomic mass is 16.5. The van der Waals surface area contributed by atoms with Crippen molar-refractivity contribution in [1.82, 2.24) is 9.71 Å². The molecule has 0 aliphatic carbocycles. The van der Waals surface area contributed by atoms with Crippen LogP contribution in [0.3, 0.4) is 0 Å². The number of imidazole rings is 1. The van der Waals surface area contributed by atoms with E-state index < -0.39 is 11.8 Å².